The second kappa shape index (κ2) is 11.2. The fraction of sp³-hybridized carbons (Fsp3) is 0.538. The number of hydrogen-bond acceptors (Lipinski definition) is 6. The molecule has 1 fully saturated rings. The first-order valence-electron chi connectivity index (χ1n) is 12.3. The van der Waals surface area contributed by atoms with Crippen molar-refractivity contribution in [3.8, 4) is 5.69 Å². The maximum absolute atomic E-state index is 13.8. The Morgan fingerprint density at radius 3 is 2.57 bits per heavy atom. The van der Waals surface area contributed by atoms with E-state index in [0.29, 0.717) is 51.3 Å². The number of ether oxygens (including phenoxy) is 3. The second-order valence-electron chi connectivity index (χ2n) is 8.91. The van der Waals surface area contributed by atoms with E-state index in [4.69, 9.17) is 14.2 Å². The standard InChI is InChI=1S/C26H35N3O6/c1-4-34-26-20(11-8-14-30)21(17-22(35-26)24(31)28-12-15-33-16-13-28)23-18(2)27(3)29(25(23)32)19-9-6-5-7-10-19/h5-7,9-10,17,20-21,26,30H,4,8,11-16H2,1-3H3/t20-,21-,26+/m1/s1. The Morgan fingerprint density at radius 1 is 1.20 bits per heavy atom. The highest BCUT2D eigenvalue weighted by Crippen LogP contribution is 2.40. The van der Waals surface area contributed by atoms with Crippen LogP contribution in [0.5, 0.6) is 0 Å². The summed E-state index contributed by atoms with van der Waals surface area (Å²) >= 11 is 0. The van der Waals surface area contributed by atoms with Crippen LogP contribution in [0, 0.1) is 12.8 Å². The number of hydrogen-bond donors (Lipinski definition) is 1. The number of para-hydroxylation sites is 1. The van der Waals surface area contributed by atoms with Crippen LogP contribution >= 0.6 is 0 Å². The number of rotatable bonds is 8. The number of carbonyl (C=O) groups is 1. The van der Waals surface area contributed by atoms with Crippen LogP contribution in [0.1, 0.15) is 36.9 Å². The van der Waals surface area contributed by atoms with Gasteiger partial charge in [-0.05, 0) is 44.9 Å². The molecule has 0 radical (unpaired) electrons. The van der Waals surface area contributed by atoms with Gasteiger partial charge in [0, 0.05) is 56.4 Å². The first kappa shape index (κ1) is 25.2. The quantitative estimate of drug-likeness (QED) is 0.615. The molecule has 1 saturated heterocycles. The van der Waals surface area contributed by atoms with E-state index in [2.05, 4.69) is 0 Å². The minimum absolute atomic E-state index is 0.0212. The zero-order valence-corrected chi connectivity index (χ0v) is 20.7. The van der Waals surface area contributed by atoms with Crippen LogP contribution in [0.25, 0.3) is 5.69 Å². The lowest BCUT2D eigenvalue weighted by Crippen LogP contribution is -2.45. The van der Waals surface area contributed by atoms with Crippen molar-refractivity contribution in [3.05, 3.63) is 63.8 Å². The highest BCUT2D eigenvalue weighted by Gasteiger charge is 2.41. The van der Waals surface area contributed by atoms with Crippen molar-refractivity contribution < 1.29 is 24.1 Å². The van der Waals surface area contributed by atoms with Crippen molar-refractivity contribution in [3.63, 3.8) is 0 Å². The van der Waals surface area contributed by atoms with Gasteiger partial charge in [-0.25, -0.2) is 4.68 Å². The molecule has 0 saturated carbocycles. The number of aliphatic hydroxyl groups excluding tert-OH is 1. The van der Waals surface area contributed by atoms with Crippen molar-refractivity contribution in [2.45, 2.75) is 38.9 Å². The van der Waals surface area contributed by atoms with E-state index >= 15 is 0 Å². The topological polar surface area (TPSA) is 95.2 Å². The van der Waals surface area contributed by atoms with Gasteiger partial charge in [-0.2, -0.15) is 0 Å². The van der Waals surface area contributed by atoms with E-state index in [0.717, 1.165) is 11.4 Å². The first-order valence-corrected chi connectivity index (χ1v) is 12.3. The molecule has 4 rings (SSSR count). The predicted molar refractivity (Wildman–Crippen MR) is 130 cm³/mol. The number of morpholine rings is 1. The third-order valence-electron chi connectivity index (χ3n) is 6.85. The largest absolute Gasteiger partial charge is 0.459 e. The lowest BCUT2D eigenvalue weighted by atomic mass is 9.80. The average Bonchev–Trinajstić information content (AvgIpc) is 3.11. The van der Waals surface area contributed by atoms with Crippen molar-refractivity contribution in [1.29, 1.82) is 0 Å². The Labute approximate surface area is 205 Å². The van der Waals surface area contributed by atoms with Gasteiger partial charge in [0.15, 0.2) is 5.76 Å². The number of amides is 1. The number of aliphatic hydroxyl groups is 1. The molecule has 2 aliphatic heterocycles. The normalized spacial score (nSPS) is 22.6. The summed E-state index contributed by atoms with van der Waals surface area (Å²) in [6.07, 6.45) is 2.20. The molecule has 3 atom stereocenters. The van der Waals surface area contributed by atoms with Crippen LogP contribution in [-0.4, -0.2) is 71.1 Å². The molecule has 9 heteroatoms. The van der Waals surface area contributed by atoms with Crippen molar-refractivity contribution in [2.24, 2.45) is 13.0 Å². The fourth-order valence-corrected chi connectivity index (χ4v) is 4.99. The van der Waals surface area contributed by atoms with Gasteiger partial charge in [-0.15, -0.1) is 0 Å². The Balaban J connectivity index is 1.82. The average molecular weight is 486 g/mol. The summed E-state index contributed by atoms with van der Waals surface area (Å²) < 4.78 is 21.0. The summed E-state index contributed by atoms with van der Waals surface area (Å²) in [5, 5.41) is 9.55. The van der Waals surface area contributed by atoms with E-state index in [1.165, 1.54) is 0 Å². The molecular weight excluding hydrogens is 450 g/mol. The van der Waals surface area contributed by atoms with Crippen LogP contribution in [-0.2, 0) is 26.1 Å². The monoisotopic (exact) mass is 485 g/mol. The predicted octanol–water partition coefficient (Wildman–Crippen LogP) is 2.09. The number of nitrogens with zero attached hydrogens (tertiary/aromatic N) is 3. The second-order valence-corrected chi connectivity index (χ2v) is 8.91. The fourth-order valence-electron chi connectivity index (χ4n) is 4.99. The Kier molecular flexibility index (Phi) is 8.10. The van der Waals surface area contributed by atoms with E-state index < -0.39 is 12.2 Å². The van der Waals surface area contributed by atoms with E-state index in [-0.39, 0.29) is 29.8 Å². The molecule has 1 N–H and O–H groups in total. The van der Waals surface area contributed by atoms with Gasteiger partial charge < -0.3 is 24.2 Å². The Bertz CT molecular complexity index is 1100. The molecule has 0 unspecified atom stereocenters. The number of carbonyl (C=O) groups excluding carboxylic acids is 1. The number of allylic oxidation sites excluding steroid dienone is 1. The molecular formula is C26H35N3O6. The van der Waals surface area contributed by atoms with Crippen LogP contribution < -0.4 is 5.56 Å². The van der Waals surface area contributed by atoms with Crippen LogP contribution in [0.4, 0.5) is 0 Å². The Hall–Kier alpha value is -2.88. The summed E-state index contributed by atoms with van der Waals surface area (Å²) in [5.41, 5.74) is 2.05. The molecule has 35 heavy (non-hydrogen) atoms. The molecule has 1 aromatic carbocycles. The minimum Gasteiger partial charge on any atom is -0.459 e. The zero-order valence-electron chi connectivity index (χ0n) is 20.7. The molecule has 1 amide bonds. The van der Waals surface area contributed by atoms with E-state index in [1.54, 1.807) is 15.7 Å². The summed E-state index contributed by atoms with van der Waals surface area (Å²) in [7, 11) is 1.86. The molecule has 190 valence electrons. The third kappa shape index (κ3) is 5.07. The maximum atomic E-state index is 13.8. The van der Waals surface area contributed by atoms with Gasteiger partial charge in [0.1, 0.15) is 0 Å². The molecule has 1 aromatic heterocycles. The van der Waals surface area contributed by atoms with E-state index in [1.807, 2.05) is 55.9 Å². The molecule has 0 bridgehead atoms. The van der Waals surface area contributed by atoms with Gasteiger partial charge in [-0.1, -0.05) is 18.2 Å². The first-order chi connectivity index (χ1) is 17.0. The van der Waals surface area contributed by atoms with Crippen molar-refractivity contribution >= 4 is 5.91 Å². The van der Waals surface area contributed by atoms with E-state index in [9.17, 15) is 14.7 Å². The summed E-state index contributed by atoms with van der Waals surface area (Å²) in [6.45, 7) is 6.15. The lowest BCUT2D eigenvalue weighted by Gasteiger charge is -2.38. The van der Waals surface area contributed by atoms with Gasteiger partial charge in [0.05, 0.1) is 18.9 Å². The highest BCUT2D eigenvalue weighted by atomic mass is 16.7. The van der Waals surface area contributed by atoms with Crippen molar-refractivity contribution in [2.75, 3.05) is 39.5 Å². The van der Waals surface area contributed by atoms with Gasteiger partial charge in [0.25, 0.3) is 11.5 Å². The Morgan fingerprint density at radius 2 is 1.91 bits per heavy atom. The van der Waals surface area contributed by atoms with Crippen molar-refractivity contribution in [1.82, 2.24) is 14.3 Å². The molecule has 0 spiro atoms. The van der Waals surface area contributed by atoms with Crippen LogP contribution in [0.3, 0.4) is 0 Å². The summed E-state index contributed by atoms with van der Waals surface area (Å²) in [6, 6.07) is 9.49. The SMILES string of the molecule is CCO[C@H]1OC(C(=O)N2CCOCC2)=C[C@@H](c2c(C)n(C)n(-c3ccccc3)c2=O)[C@H]1CCCO. The minimum atomic E-state index is -0.703. The highest BCUT2D eigenvalue weighted by molar-refractivity contribution is 5.92. The maximum Gasteiger partial charge on any atom is 0.288 e. The third-order valence-corrected chi connectivity index (χ3v) is 6.85. The summed E-state index contributed by atoms with van der Waals surface area (Å²) in [4.78, 5) is 28.9. The molecule has 9 nitrogen and oxygen atoms in total. The van der Waals surface area contributed by atoms with Crippen LogP contribution in [0.2, 0.25) is 0 Å². The number of benzene rings is 1. The van der Waals surface area contributed by atoms with Gasteiger partial charge >= 0.3 is 0 Å². The van der Waals surface area contributed by atoms with Gasteiger partial charge in [-0.3, -0.25) is 14.3 Å². The zero-order chi connectivity index (χ0) is 24.9. The smallest absolute Gasteiger partial charge is 0.288 e. The molecule has 3 heterocycles. The molecule has 0 aliphatic carbocycles. The summed E-state index contributed by atoms with van der Waals surface area (Å²) in [5.74, 6) is -0.665. The number of aromatic nitrogens is 2. The van der Waals surface area contributed by atoms with Gasteiger partial charge in [0.2, 0.25) is 6.29 Å². The molecule has 2 aromatic rings. The lowest BCUT2D eigenvalue weighted by molar-refractivity contribution is -0.171. The van der Waals surface area contributed by atoms with Crippen LogP contribution in [0.15, 0.2) is 47.0 Å². The molecule has 2 aliphatic rings.